The third-order valence-corrected chi connectivity index (χ3v) is 4.93. The number of hydrogen-bond donors (Lipinski definition) is 1. The van der Waals surface area contributed by atoms with Gasteiger partial charge in [-0.05, 0) is 43.9 Å². The van der Waals surface area contributed by atoms with Crippen LogP contribution in [0.15, 0.2) is 6.07 Å². The molecule has 0 bridgehead atoms. The molecule has 1 saturated heterocycles. The van der Waals surface area contributed by atoms with Gasteiger partial charge in [-0.1, -0.05) is 6.92 Å². The van der Waals surface area contributed by atoms with Gasteiger partial charge >= 0.3 is 0 Å². The highest BCUT2D eigenvalue weighted by Crippen LogP contribution is 2.31. The van der Waals surface area contributed by atoms with Crippen molar-refractivity contribution in [2.75, 3.05) is 11.9 Å². The number of hydrogen-bond acceptors (Lipinski definition) is 5. The van der Waals surface area contributed by atoms with E-state index in [2.05, 4.69) is 35.2 Å². The first kappa shape index (κ1) is 14.0. The molecule has 2 aromatic rings. The number of nitrogens with one attached hydrogen (secondary N) is 1. The zero-order chi connectivity index (χ0) is 14.1. The molecule has 4 nitrogen and oxygen atoms in total. The monoisotopic (exact) mass is 311 g/mol. The molecule has 2 atom stereocenters. The Morgan fingerprint density at radius 1 is 1.50 bits per heavy atom. The van der Waals surface area contributed by atoms with Gasteiger partial charge in [0.1, 0.15) is 10.6 Å². The summed E-state index contributed by atoms with van der Waals surface area (Å²) in [6.07, 6.45) is 3.29. The fourth-order valence-electron chi connectivity index (χ4n) is 2.55. The molecule has 0 radical (unpaired) electrons. The van der Waals surface area contributed by atoms with Crippen LogP contribution in [0.5, 0.6) is 0 Å². The number of thiophene rings is 1. The van der Waals surface area contributed by atoms with E-state index in [1.165, 1.54) is 4.88 Å². The van der Waals surface area contributed by atoms with Gasteiger partial charge in [0.2, 0.25) is 5.28 Å². The van der Waals surface area contributed by atoms with E-state index >= 15 is 0 Å². The van der Waals surface area contributed by atoms with Gasteiger partial charge in [0.05, 0.1) is 11.5 Å². The second-order valence-corrected chi connectivity index (χ2v) is 6.63. The SMILES string of the molecule is CCc1cc2c(NC3CCOC(C)C3)nc(Cl)nc2s1. The standard InChI is InChI=1S/C14H18ClN3OS/c1-3-10-7-11-12(17-14(15)18-13(11)20-10)16-9-4-5-19-8(2)6-9/h7-9H,3-6H2,1-2H3,(H,16,17,18). The van der Waals surface area contributed by atoms with E-state index in [1.54, 1.807) is 11.3 Å². The molecule has 0 spiro atoms. The minimum Gasteiger partial charge on any atom is -0.378 e. The summed E-state index contributed by atoms with van der Waals surface area (Å²) in [6.45, 7) is 5.05. The van der Waals surface area contributed by atoms with Crippen molar-refractivity contribution in [2.24, 2.45) is 0 Å². The lowest BCUT2D eigenvalue weighted by Gasteiger charge is -2.28. The molecule has 6 heteroatoms. The number of anilines is 1. The maximum absolute atomic E-state index is 6.04. The van der Waals surface area contributed by atoms with Crippen LogP contribution < -0.4 is 5.32 Å². The molecule has 0 aromatic carbocycles. The fraction of sp³-hybridized carbons (Fsp3) is 0.571. The summed E-state index contributed by atoms with van der Waals surface area (Å²) in [6, 6.07) is 2.56. The number of rotatable bonds is 3. The Hall–Kier alpha value is -0.910. The second-order valence-electron chi connectivity index (χ2n) is 5.17. The van der Waals surface area contributed by atoms with Crippen LogP contribution in [0.25, 0.3) is 10.2 Å². The van der Waals surface area contributed by atoms with Crippen molar-refractivity contribution >= 4 is 39.0 Å². The molecule has 2 unspecified atom stereocenters. The summed E-state index contributed by atoms with van der Waals surface area (Å²) < 4.78 is 5.58. The van der Waals surface area contributed by atoms with Gasteiger partial charge in [-0.25, -0.2) is 9.97 Å². The summed E-state index contributed by atoms with van der Waals surface area (Å²) >= 11 is 7.73. The first-order chi connectivity index (χ1) is 9.65. The molecule has 2 aromatic heterocycles. The zero-order valence-electron chi connectivity index (χ0n) is 11.6. The van der Waals surface area contributed by atoms with Gasteiger partial charge in [0, 0.05) is 17.5 Å². The van der Waals surface area contributed by atoms with Crippen molar-refractivity contribution in [3.8, 4) is 0 Å². The highest BCUT2D eigenvalue weighted by Gasteiger charge is 2.21. The van der Waals surface area contributed by atoms with Crippen LogP contribution in [0.2, 0.25) is 5.28 Å². The van der Waals surface area contributed by atoms with Crippen LogP contribution in [0.4, 0.5) is 5.82 Å². The van der Waals surface area contributed by atoms with Crippen molar-refractivity contribution < 1.29 is 4.74 Å². The largest absolute Gasteiger partial charge is 0.378 e. The third-order valence-electron chi connectivity index (χ3n) is 3.59. The maximum Gasteiger partial charge on any atom is 0.225 e. The van der Waals surface area contributed by atoms with Gasteiger partial charge in [-0.2, -0.15) is 0 Å². The fourth-order valence-corrected chi connectivity index (χ4v) is 3.74. The van der Waals surface area contributed by atoms with Crippen LogP contribution in [0.1, 0.15) is 31.6 Å². The molecule has 1 N–H and O–H groups in total. The van der Waals surface area contributed by atoms with E-state index < -0.39 is 0 Å². The average molecular weight is 312 g/mol. The summed E-state index contributed by atoms with van der Waals surface area (Å²) in [5.41, 5.74) is 0. The predicted molar refractivity (Wildman–Crippen MR) is 83.9 cm³/mol. The summed E-state index contributed by atoms with van der Waals surface area (Å²) in [5.74, 6) is 0.857. The molecule has 0 amide bonds. The van der Waals surface area contributed by atoms with Crippen molar-refractivity contribution in [2.45, 2.75) is 45.3 Å². The molecule has 108 valence electrons. The minimum absolute atomic E-state index is 0.294. The van der Waals surface area contributed by atoms with Crippen molar-refractivity contribution in [3.05, 3.63) is 16.2 Å². The molecule has 0 saturated carbocycles. The average Bonchev–Trinajstić information content (AvgIpc) is 2.82. The topological polar surface area (TPSA) is 47.0 Å². The molecule has 3 rings (SSSR count). The molecule has 3 heterocycles. The summed E-state index contributed by atoms with van der Waals surface area (Å²) in [5, 5.41) is 4.91. The van der Waals surface area contributed by atoms with Gasteiger partial charge < -0.3 is 10.1 Å². The predicted octanol–water partition coefficient (Wildman–Crippen LogP) is 3.89. The van der Waals surface area contributed by atoms with Crippen LogP contribution in [-0.4, -0.2) is 28.7 Å². The van der Waals surface area contributed by atoms with Crippen LogP contribution in [0, 0.1) is 0 Å². The van der Waals surface area contributed by atoms with Crippen LogP contribution in [0.3, 0.4) is 0 Å². The van der Waals surface area contributed by atoms with Gasteiger partial charge in [0.25, 0.3) is 0 Å². The summed E-state index contributed by atoms with van der Waals surface area (Å²) in [7, 11) is 0. The summed E-state index contributed by atoms with van der Waals surface area (Å²) in [4.78, 5) is 11.0. The molecular weight excluding hydrogens is 294 g/mol. The first-order valence-electron chi connectivity index (χ1n) is 6.99. The first-order valence-corrected chi connectivity index (χ1v) is 8.19. The number of aromatic nitrogens is 2. The van der Waals surface area contributed by atoms with E-state index in [9.17, 15) is 0 Å². The number of nitrogens with zero attached hydrogens (tertiary/aromatic N) is 2. The lowest BCUT2D eigenvalue weighted by Crippen LogP contribution is -2.32. The highest BCUT2D eigenvalue weighted by atomic mass is 35.5. The molecule has 1 aliphatic rings. The maximum atomic E-state index is 6.04. The zero-order valence-corrected chi connectivity index (χ0v) is 13.2. The van der Waals surface area contributed by atoms with E-state index in [0.29, 0.717) is 17.4 Å². The quantitative estimate of drug-likeness (QED) is 0.874. The molecular formula is C14H18ClN3OS. The van der Waals surface area contributed by atoms with E-state index in [1.807, 2.05) is 0 Å². The van der Waals surface area contributed by atoms with Crippen molar-refractivity contribution in [1.82, 2.24) is 9.97 Å². The Balaban J connectivity index is 1.91. The smallest absolute Gasteiger partial charge is 0.225 e. The van der Waals surface area contributed by atoms with Crippen molar-refractivity contribution in [1.29, 1.82) is 0 Å². The molecule has 1 fully saturated rings. The Kier molecular flexibility index (Phi) is 4.10. The second kappa shape index (κ2) is 5.84. The lowest BCUT2D eigenvalue weighted by molar-refractivity contribution is 0.0232. The van der Waals surface area contributed by atoms with Crippen molar-refractivity contribution in [3.63, 3.8) is 0 Å². The van der Waals surface area contributed by atoms with Gasteiger partial charge in [-0.3, -0.25) is 0 Å². The van der Waals surface area contributed by atoms with Crippen LogP contribution >= 0.6 is 22.9 Å². The Labute approximate surface area is 127 Å². The van der Waals surface area contributed by atoms with E-state index in [0.717, 1.165) is 41.9 Å². The lowest BCUT2D eigenvalue weighted by atomic mass is 10.0. The molecule has 20 heavy (non-hydrogen) atoms. The van der Waals surface area contributed by atoms with E-state index in [-0.39, 0.29) is 0 Å². The van der Waals surface area contributed by atoms with Gasteiger partial charge in [0.15, 0.2) is 0 Å². The third kappa shape index (κ3) is 2.90. The Bertz CT molecular complexity index is 616. The van der Waals surface area contributed by atoms with Crippen LogP contribution in [-0.2, 0) is 11.2 Å². The normalized spacial score (nSPS) is 23.1. The number of halogens is 1. The molecule has 1 aliphatic heterocycles. The number of aryl methyl sites for hydroxylation is 1. The highest BCUT2D eigenvalue weighted by molar-refractivity contribution is 7.18. The molecule has 0 aliphatic carbocycles. The Morgan fingerprint density at radius 2 is 2.35 bits per heavy atom. The van der Waals surface area contributed by atoms with Gasteiger partial charge in [-0.15, -0.1) is 11.3 Å². The number of fused-ring (bicyclic) bond motifs is 1. The minimum atomic E-state index is 0.294. The number of ether oxygens (including phenoxy) is 1. The van der Waals surface area contributed by atoms with E-state index in [4.69, 9.17) is 16.3 Å². The Morgan fingerprint density at radius 3 is 3.10 bits per heavy atom.